The Balaban J connectivity index is 1.52. The first-order valence-electron chi connectivity index (χ1n) is 8.44. The summed E-state index contributed by atoms with van der Waals surface area (Å²) in [4.78, 5) is 19.6. The molecule has 23 heavy (non-hydrogen) atoms. The van der Waals surface area contributed by atoms with E-state index in [1.54, 1.807) is 23.1 Å². The molecule has 2 saturated heterocycles. The van der Waals surface area contributed by atoms with E-state index in [1.165, 1.54) is 0 Å². The minimum absolute atomic E-state index is 0.0578. The number of hydrogen-bond donors (Lipinski definition) is 2. The number of carbonyl (C=O) groups excluding carboxylic acids is 1. The van der Waals surface area contributed by atoms with Crippen LogP contribution in [0.4, 0.5) is 0 Å². The van der Waals surface area contributed by atoms with E-state index >= 15 is 0 Å². The highest BCUT2D eigenvalue weighted by Gasteiger charge is 2.35. The Labute approximate surface area is 146 Å². The summed E-state index contributed by atoms with van der Waals surface area (Å²) in [5.74, 6) is 1.13. The maximum atomic E-state index is 12.6. The van der Waals surface area contributed by atoms with Crippen LogP contribution in [0.15, 0.2) is 5.38 Å². The molecule has 5 nitrogen and oxygen atoms in total. The zero-order chi connectivity index (χ0) is 16.1. The number of thiazole rings is 1. The van der Waals surface area contributed by atoms with Crippen LogP contribution in [0.25, 0.3) is 0 Å². The van der Waals surface area contributed by atoms with Gasteiger partial charge in [0.15, 0.2) is 0 Å². The van der Waals surface area contributed by atoms with E-state index in [2.05, 4.69) is 32.2 Å². The summed E-state index contributed by atoms with van der Waals surface area (Å²) in [5.41, 5.74) is 0.985. The highest BCUT2D eigenvalue weighted by atomic mass is 32.2. The lowest BCUT2D eigenvalue weighted by Gasteiger charge is -2.35. The Bertz CT molecular complexity index is 516. The molecule has 0 radical (unpaired) electrons. The molecule has 0 unspecified atom stereocenters. The minimum atomic E-state index is 0.0578. The summed E-state index contributed by atoms with van der Waals surface area (Å²) in [5, 5.41) is 9.71. The van der Waals surface area contributed by atoms with Crippen molar-refractivity contribution in [3.05, 3.63) is 16.1 Å². The number of aromatic nitrogens is 1. The van der Waals surface area contributed by atoms with Crippen molar-refractivity contribution in [3.8, 4) is 0 Å². The van der Waals surface area contributed by atoms with E-state index in [0.717, 1.165) is 61.8 Å². The number of carbonyl (C=O) groups is 1. The van der Waals surface area contributed by atoms with E-state index in [-0.39, 0.29) is 11.9 Å². The van der Waals surface area contributed by atoms with Crippen LogP contribution in [0.2, 0.25) is 0 Å². The Morgan fingerprint density at radius 1 is 1.48 bits per heavy atom. The molecule has 1 amide bonds. The van der Waals surface area contributed by atoms with Gasteiger partial charge in [-0.05, 0) is 51.6 Å². The van der Waals surface area contributed by atoms with E-state index in [0.29, 0.717) is 12.6 Å². The van der Waals surface area contributed by atoms with Gasteiger partial charge in [-0.15, -0.1) is 11.3 Å². The number of rotatable bonds is 6. The molecule has 2 aliphatic heterocycles. The van der Waals surface area contributed by atoms with Crippen LogP contribution in [0.1, 0.15) is 36.4 Å². The molecule has 0 spiro atoms. The van der Waals surface area contributed by atoms with Gasteiger partial charge in [0.25, 0.3) is 0 Å². The summed E-state index contributed by atoms with van der Waals surface area (Å²) in [6.45, 7) is 3.77. The Kier molecular flexibility index (Phi) is 6.33. The van der Waals surface area contributed by atoms with E-state index in [9.17, 15) is 4.79 Å². The number of nitrogens with zero attached hydrogens (tertiary/aromatic N) is 2. The molecule has 7 heteroatoms. The quantitative estimate of drug-likeness (QED) is 0.816. The lowest BCUT2D eigenvalue weighted by Crippen LogP contribution is -2.50. The minimum Gasteiger partial charge on any atom is -0.349 e. The molecule has 0 saturated carbocycles. The van der Waals surface area contributed by atoms with Gasteiger partial charge in [-0.1, -0.05) is 0 Å². The summed E-state index contributed by atoms with van der Waals surface area (Å²) < 4.78 is 0. The van der Waals surface area contributed by atoms with Crippen molar-refractivity contribution in [3.63, 3.8) is 0 Å². The molecule has 2 N–H and O–H groups in total. The summed E-state index contributed by atoms with van der Waals surface area (Å²) in [6.07, 6.45) is 6.53. The van der Waals surface area contributed by atoms with Crippen molar-refractivity contribution in [2.24, 2.45) is 0 Å². The fraction of sp³-hybridized carbons (Fsp3) is 0.750. The highest BCUT2D eigenvalue weighted by Crippen LogP contribution is 2.24. The number of nitrogens with one attached hydrogen (secondary N) is 2. The van der Waals surface area contributed by atoms with Gasteiger partial charge < -0.3 is 10.6 Å². The molecule has 2 fully saturated rings. The SMILES string of the molecule is CSCc1nc(CNC(=O)[C@@H]2CCCN2C2CCNCC2)cs1. The molecular weight excluding hydrogens is 328 g/mol. The number of piperidine rings is 1. The third kappa shape index (κ3) is 4.47. The zero-order valence-corrected chi connectivity index (χ0v) is 15.3. The number of hydrogen-bond acceptors (Lipinski definition) is 6. The lowest BCUT2D eigenvalue weighted by atomic mass is 10.0. The van der Waals surface area contributed by atoms with Crippen LogP contribution in [0.5, 0.6) is 0 Å². The van der Waals surface area contributed by atoms with Crippen LogP contribution in [0.3, 0.4) is 0 Å². The van der Waals surface area contributed by atoms with Crippen LogP contribution < -0.4 is 10.6 Å². The van der Waals surface area contributed by atoms with Crippen LogP contribution in [-0.4, -0.2) is 53.8 Å². The van der Waals surface area contributed by atoms with Gasteiger partial charge in [-0.2, -0.15) is 11.8 Å². The van der Waals surface area contributed by atoms with Crippen molar-refractivity contribution in [1.29, 1.82) is 0 Å². The molecule has 1 aromatic heterocycles. The second kappa shape index (κ2) is 8.46. The van der Waals surface area contributed by atoms with Gasteiger partial charge in [-0.25, -0.2) is 4.98 Å². The van der Waals surface area contributed by atoms with Gasteiger partial charge in [-0.3, -0.25) is 9.69 Å². The fourth-order valence-corrected chi connectivity index (χ4v) is 5.08. The van der Waals surface area contributed by atoms with Crippen molar-refractivity contribution >= 4 is 29.0 Å². The topological polar surface area (TPSA) is 57.3 Å². The Hall–Kier alpha value is -0.630. The molecule has 3 heterocycles. The molecule has 2 aliphatic rings. The average Bonchev–Trinajstić information content (AvgIpc) is 3.23. The van der Waals surface area contributed by atoms with Gasteiger partial charge >= 0.3 is 0 Å². The van der Waals surface area contributed by atoms with Crippen LogP contribution >= 0.6 is 23.1 Å². The second-order valence-corrected chi connectivity index (χ2v) is 8.07. The number of thioether (sulfide) groups is 1. The summed E-state index contributed by atoms with van der Waals surface area (Å²) in [6, 6.07) is 0.629. The summed E-state index contributed by atoms with van der Waals surface area (Å²) in [7, 11) is 0. The van der Waals surface area contributed by atoms with E-state index in [4.69, 9.17) is 0 Å². The normalized spacial score (nSPS) is 23.3. The van der Waals surface area contributed by atoms with Crippen molar-refractivity contribution in [1.82, 2.24) is 20.5 Å². The zero-order valence-electron chi connectivity index (χ0n) is 13.7. The first-order valence-corrected chi connectivity index (χ1v) is 10.7. The molecule has 128 valence electrons. The largest absolute Gasteiger partial charge is 0.349 e. The number of amides is 1. The maximum absolute atomic E-state index is 12.6. The first kappa shape index (κ1) is 17.2. The van der Waals surface area contributed by atoms with E-state index in [1.807, 2.05) is 0 Å². The molecule has 0 aliphatic carbocycles. The van der Waals surface area contributed by atoms with Gasteiger partial charge in [0, 0.05) is 17.2 Å². The fourth-order valence-electron chi connectivity index (χ4n) is 3.56. The van der Waals surface area contributed by atoms with Gasteiger partial charge in [0.05, 0.1) is 18.3 Å². The third-order valence-electron chi connectivity index (χ3n) is 4.69. The van der Waals surface area contributed by atoms with Crippen molar-refractivity contribution < 1.29 is 4.79 Å². The standard InChI is InChI=1S/C16H26N4OS2/c1-22-11-15-19-12(10-23-15)9-18-16(21)14-3-2-8-20(14)13-4-6-17-7-5-13/h10,13-14,17H,2-9,11H2,1H3,(H,18,21)/t14-/m0/s1. The Morgan fingerprint density at radius 3 is 3.09 bits per heavy atom. The maximum Gasteiger partial charge on any atom is 0.237 e. The molecule has 3 rings (SSSR count). The smallest absolute Gasteiger partial charge is 0.237 e. The second-order valence-electron chi connectivity index (χ2n) is 6.26. The highest BCUT2D eigenvalue weighted by molar-refractivity contribution is 7.97. The predicted molar refractivity (Wildman–Crippen MR) is 96.8 cm³/mol. The monoisotopic (exact) mass is 354 g/mol. The molecule has 0 aromatic carbocycles. The van der Waals surface area contributed by atoms with Crippen molar-refractivity contribution in [2.45, 2.75) is 50.1 Å². The molecule has 1 atom stereocenters. The van der Waals surface area contributed by atoms with E-state index < -0.39 is 0 Å². The third-order valence-corrected chi connectivity index (χ3v) is 6.33. The van der Waals surface area contributed by atoms with Crippen molar-refractivity contribution in [2.75, 3.05) is 25.9 Å². The average molecular weight is 355 g/mol. The summed E-state index contributed by atoms with van der Waals surface area (Å²) >= 11 is 3.46. The number of likely N-dealkylation sites (tertiary alicyclic amines) is 1. The van der Waals surface area contributed by atoms with Crippen LogP contribution in [-0.2, 0) is 17.1 Å². The predicted octanol–water partition coefficient (Wildman–Crippen LogP) is 1.84. The first-order chi connectivity index (χ1) is 11.3. The molecule has 1 aromatic rings. The molecular formula is C16H26N4OS2. The lowest BCUT2D eigenvalue weighted by molar-refractivity contribution is -0.126. The van der Waals surface area contributed by atoms with Crippen LogP contribution in [0, 0.1) is 0 Å². The van der Waals surface area contributed by atoms with Gasteiger partial charge in [0.2, 0.25) is 5.91 Å². The van der Waals surface area contributed by atoms with Gasteiger partial charge in [0.1, 0.15) is 5.01 Å². The molecule has 0 bridgehead atoms. The Morgan fingerprint density at radius 2 is 2.30 bits per heavy atom.